The van der Waals surface area contributed by atoms with Crippen molar-refractivity contribution in [3.8, 4) is 0 Å². The molecule has 10 nitrogen and oxygen atoms in total. The summed E-state index contributed by atoms with van der Waals surface area (Å²) in [5.41, 5.74) is 1.24. The van der Waals surface area contributed by atoms with Crippen molar-refractivity contribution in [2.24, 2.45) is 17.3 Å². The fourth-order valence-electron chi connectivity index (χ4n) is 4.47. The molecule has 0 radical (unpaired) electrons. The maximum Gasteiger partial charge on any atom is 0.345 e. The van der Waals surface area contributed by atoms with Gasteiger partial charge in [-0.25, -0.2) is 4.79 Å². The fraction of sp³-hybridized carbons (Fsp3) is 0.636. The van der Waals surface area contributed by atoms with Crippen LogP contribution in [0.15, 0.2) is 36.4 Å². The topological polar surface area (TPSA) is 146 Å². The Morgan fingerprint density at radius 3 is 2.30 bits per heavy atom. The summed E-state index contributed by atoms with van der Waals surface area (Å²) in [4.78, 5) is 48.3. The molecule has 4 atom stereocenters. The zero-order valence-electron chi connectivity index (χ0n) is 27.1. The van der Waals surface area contributed by atoms with Crippen molar-refractivity contribution in [1.29, 1.82) is 0 Å². The number of hydrogen-bond donors (Lipinski definition) is 5. The third-order valence-electron chi connectivity index (χ3n) is 7.25. The third-order valence-corrected chi connectivity index (χ3v) is 7.41. The SMILES string of the molecule is CC(C)CC(OC(=O)C(C)(C)CNC(=O)CNC(=O)/C=C/CC[C@H](C)[C@H]1OC1c1ccc(CNCC(C)(C)S)cc1)C(=O)O. The zero-order chi connectivity index (χ0) is 33.1. The summed E-state index contributed by atoms with van der Waals surface area (Å²) in [6, 6.07) is 8.49. The Hall–Kier alpha value is -2.89. The van der Waals surface area contributed by atoms with E-state index < -0.39 is 35.3 Å². The lowest BCUT2D eigenvalue weighted by Gasteiger charge is -2.25. The van der Waals surface area contributed by atoms with Crippen molar-refractivity contribution in [2.45, 2.75) is 97.3 Å². The van der Waals surface area contributed by atoms with Crippen LogP contribution in [-0.4, -0.2) is 65.4 Å². The minimum Gasteiger partial charge on any atom is -0.479 e. The number of benzene rings is 1. The van der Waals surface area contributed by atoms with E-state index >= 15 is 0 Å². The van der Waals surface area contributed by atoms with Crippen LogP contribution in [0.1, 0.15) is 85.0 Å². The highest BCUT2D eigenvalue weighted by molar-refractivity contribution is 7.81. The summed E-state index contributed by atoms with van der Waals surface area (Å²) in [6.07, 6.45) is 3.95. The van der Waals surface area contributed by atoms with Crippen LogP contribution in [0.2, 0.25) is 0 Å². The molecule has 1 aromatic rings. The second kappa shape index (κ2) is 17.0. The van der Waals surface area contributed by atoms with Gasteiger partial charge in [0.2, 0.25) is 11.8 Å². The Kier molecular flexibility index (Phi) is 14.4. The number of carboxylic acid groups (broad SMARTS) is 1. The van der Waals surface area contributed by atoms with Gasteiger partial charge in [-0.15, -0.1) is 0 Å². The maximum atomic E-state index is 12.5. The fourth-order valence-corrected chi connectivity index (χ4v) is 4.58. The largest absolute Gasteiger partial charge is 0.479 e. The molecular weight excluding hydrogens is 582 g/mol. The maximum absolute atomic E-state index is 12.5. The second-order valence-corrected chi connectivity index (χ2v) is 14.6. The van der Waals surface area contributed by atoms with Gasteiger partial charge in [0.25, 0.3) is 0 Å². The predicted octanol–water partition coefficient (Wildman–Crippen LogP) is 4.20. The highest BCUT2D eigenvalue weighted by Gasteiger charge is 2.43. The monoisotopic (exact) mass is 633 g/mol. The van der Waals surface area contributed by atoms with Gasteiger partial charge in [-0.1, -0.05) is 51.1 Å². The first-order valence-electron chi connectivity index (χ1n) is 15.3. The Bertz CT molecular complexity index is 1150. The summed E-state index contributed by atoms with van der Waals surface area (Å²) in [5.74, 6) is -2.43. The zero-order valence-corrected chi connectivity index (χ0v) is 28.0. The van der Waals surface area contributed by atoms with Gasteiger partial charge in [-0.05, 0) is 76.0 Å². The van der Waals surface area contributed by atoms with Crippen LogP contribution >= 0.6 is 12.6 Å². The molecule has 0 saturated carbocycles. The van der Waals surface area contributed by atoms with E-state index in [1.165, 1.54) is 17.2 Å². The highest BCUT2D eigenvalue weighted by atomic mass is 32.1. The molecule has 2 unspecified atom stereocenters. The quantitative estimate of drug-likeness (QED) is 0.0660. The van der Waals surface area contributed by atoms with Crippen LogP contribution in [0.5, 0.6) is 0 Å². The van der Waals surface area contributed by atoms with Crippen molar-refractivity contribution >= 4 is 36.4 Å². The number of epoxide rings is 1. The summed E-state index contributed by atoms with van der Waals surface area (Å²) in [7, 11) is 0. The Morgan fingerprint density at radius 2 is 1.70 bits per heavy atom. The van der Waals surface area contributed by atoms with E-state index in [0.29, 0.717) is 12.3 Å². The average Bonchev–Trinajstić information content (AvgIpc) is 3.73. The van der Waals surface area contributed by atoms with Crippen molar-refractivity contribution in [3.63, 3.8) is 0 Å². The van der Waals surface area contributed by atoms with E-state index in [1.807, 2.05) is 13.8 Å². The molecule has 1 heterocycles. The van der Waals surface area contributed by atoms with Gasteiger partial charge < -0.3 is 30.5 Å². The standard InChI is InChI=1S/C33H51N3O7S/c1-21(2)16-25(30(39)40)42-31(41)32(4,5)19-36-27(38)18-35-26(37)11-9-8-10-22(3)28-29(43-28)24-14-12-23(13-15-24)17-34-20-33(6,7)44/h9,11-15,21-22,25,28-29,34,44H,8,10,16-20H2,1-7H3,(H,35,37)(H,36,38)(H,39,40)/b11-9+/t22-,25?,28+,29?/m0/s1. The third kappa shape index (κ3) is 13.8. The lowest BCUT2D eigenvalue weighted by molar-refractivity contribution is -0.171. The molecule has 1 aromatic carbocycles. The van der Waals surface area contributed by atoms with E-state index in [4.69, 9.17) is 9.47 Å². The van der Waals surface area contributed by atoms with Gasteiger partial charge in [0.1, 0.15) is 6.10 Å². The minimum absolute atomic E-state index is 0.0331. The lowest BCUT2D eigenvalue weighted by atomic mass is 9.93. The summed E-state index contributed by atoms with van der Waals surface area (Å²) >= 11 is 4.53. The molecule has 0 bridgehead atoms. The van der Waals surface area contributed by atoms with Crippen molar-refractivity contribution in [2.75, 3.05) is 19.6 Å². The van der Waals surface area contributed by atoms with Gasteiger partial charge in [0.05, 0.1) is 18.1 Å². The molecular formula is C33H51N3O7S. The molecule has 1 saturated heterocycles. The molecule has 0 aromatic heterocycles. The summed E-state index contributed by atoms with van der Waals surface area (Å²) in [5, 5.41) is 17.8. The summed E-state index contributed by atoms with van der Waals surface area (Å²) < 4.78 is 11.1. The minimum atomic E-state index is -1.24. The van der Waals surface area contributed by atoms with Crippen LogP contribution in [0.3, 0.4) is 0 Å². The summed E-state index contributed by atoms with van der Waals surface area (Å²) in [6.45, 7) is 14.4. The number of thiol groups is 1. The Morgan fingerprint density at radius 1 is 1.05 bits per heavy atom. The average molecular weight is 634 g/mol. The normalized spacial score (nSPS) is 18.1. The van der Waals surface area contributed by atoms with E-state index in [9.17, 15) is 24.3 Å². The van der Waals surface area contributed by atoms with Crippen LogP contribution in [0.25, 0.3) is 0 Å². The molecule has 1 aliphatic rings. The molecule has 2 rings (SSSR count). The number of hydrogen-bond acceptors (Lipinski definition) is 8. The van der Waals surface area contributed by atoms with Crippen molar-refractivity contribution in [1.82, 2.24) is 16.0 Å². The van der Waals surface area contributed by atoms with Gasteiger partial charge in [-0.2, -0.15) is 12.6 Å². The first-order chi connectivity index (χ1) is 20.5. The number of rotatable bonds is 19. The number of aliphatic carboxylic acids is 1. The Balaban J connectivity index is 1.65. The van der Waals surface area contributed by atoms with Crippen molar-refractivity contribution in [3.05, 3.63) is 47.5 Å². The van der Waals surface area contributed by atoms with E-state index in [1.54, 1.807) is 19.9 Å². The van der Waals surface area contributed by atoms with Gasteiger partial charge >= 0.3 is 11.9 Å². The van der Waals surface area contributed by atoms with Gasteiger partial charge in [0.15, 0.2) is 6.10 Å². The smallest absolute Gasteiger partial charge is 0.345 e. The van der Waals surface area contributed by atoms with Gasteiger partial charge in [0, 0.05) is 24.4 Å². The van der Waals surface area contributed by atoms with Crippen molar-refractivity contribution < 1.29 is 33.8 Å². The molecule has 246 valence electrons. The van der Waals surface area contributed by atoms with E-state index in [-0.39, 0.29) is 42.4 Å². The number of carbonyl (C=O) groups excluding carboxylic acids is 3. The lowest BCUT2D eigenvalue weighted by Crippen LogP contribution is -2.45. The van der Waals surface area contributed by atoms with Gasteiger partial charge in [-0.3, -0.25) is 14.4 Å². The highest BCUT2D eigenvalue weighted by Crippen LogP contribution is 2.44. The van der Waals surface area contributed by atoms with Crippen LogP contribution in [0, 0.1) is 17.3 Å². The molecule has 1 aliphatic heterocycles. The van der Waals surface area contributed by atoms with Crippen LogP contribution < -0.4 is 16.0 Å². The van der Waals surface area contributed by atoms with E-state index in [2.05, 4.69) is 73.6 Å². The molecule has 11 heteroatoms. The molecule has 0 aliphatic carbocycles. The number of ether oxygens (including phenoxy) is 2. The predicted molar refractivity (Wildman–Crippen MR) is 173 cm³/mol. The molecule has 44 heavy (non-hydrogen) atoms. The first-order valence-corrected chi connectivity index (χ1v) is 15.8. The second-order valence-electron chi connectivity index (χ2n) is 13.4. The Labute approximate surface area is 267 Å². The number of esters is 1. The van der Waals surface area contributed by atoms with Crippen LogP contribution in [-0.2, 0) is 35.2 Å². The van der Waals surface area contributed by atoms with E-state index in [0.717, 1.165) is 19.5 Å². The number of carboxylic acids is 1. The number of carbonyl (C=O) groups is 4. The first kappa shape index (κ1) is 37.3. The number of amides is 2. The molecule has 2 amide bonds. The number of allylic oxidation sites excluding steroid dienone is 1. The molecule has 4 N–H and O–H groups in total. The number of nitrogens with one attached hydrogen (secondary N) is 3. The molecule has 1 fully saturated rings. The molecule has 0 spiro atoms. The van der Waals surface area contributed by atoms with Crippen LogP contribution in [0.4, 0.5) is 0 Å².